The maximum atomic E-state index is 11.4. The van der Waals surface area contributed by atoms with Crippen LogP contribution in [0, 0.1) is 6.92 Å². The van der Waals surface area contributed by atoms with Crippen LogP contribution in [-0.2, 0) is 26.9 Å². The average Bonchev–Trinajstić information content (AvgIpc) is 3.26. The molecule has 0 aliphatic carbocycles. The number of hydrogen-bond acceptors (Lipinski definition) is 5. The molecule has 0 saturated carbocycles. The second-order valence-corrected chi connectivity index (χ2v) is 7.34. The van der Waals surface area contributed by atoms with E-state index in [1.54, 1.807) is 13.3 Å². The lowest BCUT2D eigenvalue weighted by Crippen LogP contribution is -2.30. The molecule has 146 valence electrons. The first-order chi connectivity index (χ1) is 13.4. The normalized spacial score (nSPS) is 19.3. The van der Waals surface area contributed by atoms with Crippen molar-refractivity contribution in [3.63, 3.8) is 0 Å². The van der Waals surface area contributed by atoms with Gasteiger partial charge in [0.2, 0.25) is 5.91 Å². The molecule has 1 atom stereocenters. The highest BCUT2D eigenvalue weighted by atomic mass is 16.5. The van der Waals surface area contributed by atoms with Gasteiger partial charge in [0.25, 0.3) is 0 Å². The summed E-state index contributed by atoms with van der Waals surface area (Å²) < 4.78 is 13.5. The highest BCUT2D eigenvalue weighted by molar-refractivity contribution is 5.98. The topological polar surface area (TPSA) is 78.3 Å². The smallest absolute Gasteiger partial charge is 0.222 e. The van der Waals surface area contributed by atoms with E-state index >= 15 is 0 Å². The van der Waals surface area contributed by atoms with E-state index in [0.717, 1.165) is 39.8 Å². The van der Waals surface area contributed by atoms with Crippen molar-refractivity contribution in [3.8, 4) is 11.3 Å². The van der Waals surface area contributed by atoms with Crippen molar-refractivity contribution in [3.05, 3.63) is 41.9 Å². The summed E-state index contributed by atoms with van der Waals surface area (Å²) in [6.45, 7) is 4.70. The molecular weight excluding hydrogens is 356 g/mol. The molecule has 0 spiro atoms. The second-order valence-electron chi connectivity index (χ2n) is 7.34. The van der Waals surface area contributed by atoms with Gasteiger partial charge in [-0.1, -0.05) is 0 Å². The predicted octanol–water partition coefficient (Wildman–Crippen LogP) is 3.16. The van der Waals surface area contributed by atoms with Crippen LogP contribution >= 0.6 is 0 Å². The van der Waals surface area contributed by atoms with Crippen LogP contribution in [0.2, 0.25) is 0 Å². The molecule has 28 heavy (non-hydrogen) atoms. The summed E-state index contributed by atoms with van der Waals surface area (Å²) in [7, 11) is 3.69. The Labute approximate surface area is 163 Å². The van der Waals surface area contributed by atoms with E-state index in [1.165, 1.54) is 6.92 Å². The SMILES string of the molecule is COC1(c2cc(C)cc(-c3cn(C)c4cnc(NC(C)=O)cc34)n2)CCOC1. The number of aryl methyl sites for hydroxylation is 2. The van der Waals surface area contributed by atoms with Gasteiger partial charge in [-0.25, -0.2) is 9.97 Å². The Balaban J connectivity index is 1.87. The van der Waals surface area contributed by atoms with Crippen LogP contribution in [0.25, 0.3) is 22.2 Å². The number of methoxy groups -OCH3 is 1. The molecule has 4 rings (SSSR count). The monoisotopic (exact) mass is 380 g/mol. The van der Waals surface area contributed by atoms with Crippen molar-refractivity contribution in [1.29, 1.82) is 0 Å². The fourth-order valence-corrected chi connectivity index (χ4v) is 3.78. The number of ether oxygens (including phenoxy) is 2. The lowest BCUT2D eigenvalue weighted by molar-refractivity contribution is -0.114. The minimum Gasteiger partial charge on any atom is -0.378 e. The number of anilines is 1. The third-order valence-electron chi connectivity index (χ3n) is 5.27. The van der Waals surface area contributed by atoms with Crippen LogP contribution in [0.3, 0.4) is 0 Å². The third kappa shape index (κ3) is 3.16. The molecule has 1 amide bonds. The molecule has 1 N–H and O–H groups in total. The zero-order valence-corrected chi connectivity index (χ0v) is 16.6. The minimum atomic E-state index is -0.506. The second kappa shape index (κ2) is 7.00. The van der Waals surface area contributed by atoms with Crippen LogP contribution in [0.1, 0.15) is 24.6 Å². The average molecular weight is 380 g/mol. The molecule has 1 unspecified atom stereocenters. The van der Waals surface area contributed by atoms with E-state index in [0.29, 0.717) is 19.0 Å². The van der Waals surface area contributed by atoms with Gasteiger partial charge >= 0.3 is 0 Å². The Morgan fingerprint density at radius 1 is 1.36 bits per heavy atom. The predicted molar refractivity (Wildman–Crippen MR) is 107 cm³/mol. The molecule has 7 heteroatoms. The zero-order valence-electron chi connectivity index (χ0n) is 16.6. The molecular formula is C21H24N4O3. The highest BCUT2D eigenvalue weighted by Crippen LogP contribution is 2.36. The first kappa shape index (κ1) is 18.6. The number of nitrogens with one attached hydrogen (secondary N) is 1. The molecule has 1 saturated heterocycles. The number of carbonyl (C=O) groups is 1. The van der Waals surface area contributed by atoms with E-state index in [4.69, 9.17) is 14.5 Å². The van der Waals surface area contributed by atoms with Crippen molar-refractivity contribution < 1.29 is 14.3 Å². The molecule has 0 aromatic carbocycles. The third-order valence-corrected chi connectivity index (χ3v) is 5.27. The number of pyridine rings is 2. The first-order valence-electron chi connectivity index (χ1n) is 9.27. The van der Waals surface area contributed by atoms with E-state index in [-0.39, 0.29) is 5.91 Å². The summed E-state index contributed by atoms with van der Waals surface area (Å²) in [5.74, 6) is 0.376. The summed E-state index contributed by atoms with van der Waals surface area (Å²) in [5, 5.41) is 3.74. The van der Waals surface area contributed by atoms with Gasteiger partial charge in [-0.05, 0) is 30.7 Å². The lowest BCUT2D eigenvalue weighted by atomic mass is 9.95. The van der Waals surface area contributed by atoms with E-state index < -0.39 is 5.60 Å². The summed E-state index contributed by atoms with van der Waals surface area (Å²) >= 11 is 0. The Hall–Kier alpha value is -2.77. The number of carbonyl (C=O) groups excluding carboxylic acids is 1. The number of rotatable bonds is 4. The maximum absolute atomic E-state index is 11.4. The van der Waals surface area contributed by atoms with Gasteiger partial charge in [0.1, 0.15) is 11.4 Å². The van der Waals surface area contributed by atoms with Crippen LogP contribution in [-0.4, -0.2) is 40.8 Å². The quantitative estimate of drug-likeness (QED) is 0.752. The van der Waals surface area contributed by atoms with Gasteiger partial charge in [0.05, 0.1) is 29.7 Å². The molecule has 1 aliphatic rings. The molecule has 1 fully saturated rings. The molecule has 1 aliphatic heterocycles. The van der Waals surface area contributed by atoms with Gasteiger partial charge in [-0.3, -0.25) is 4.79 Å². The van der Waals surface area contributed by atoms with Gasteiger partial charge in [0.15, 0.2) is 0 Å². The Morgan fingerprint density at radius 2 is 2.18 bits per heavy atom. The number of amides is 1. The van der Waals surface area contributed by atoms with E-state index in [2.05, 4.69) is 29.4 Å². The van der Waals surface area contributed by atoms with Crippen molar-refractivity contribution in [2.45, 2.75) is 25.9 Å². The standard InChI is InChI=1S/C21H24N4O3/c1-13-7-17(24-19(8-13)21(27-4)5-6-28-12-21)16-11-25(3)18-10-22-20(9-15(16)18)23-14(2)26/h7-11H,5-6,12H2,1-4H3,(H,22,23,26). The van der Waals surface area contributed by atoms with Crippen molar-refractivity contribution >= 4 is 22.6 Å². The number of fused-ring (bicyclic) bond motifs is 1. The van der Waals surface area contributed by atoms with Crippen molar-refractivity contribution in [1.82, 2.24) is 14.5 Å². The molecule has 4 heterocycles. The van der Waals surface area contributed by atoms with Gasteiger partial charge < -0.3 is 19.4 Å². The van der Waals surface area contributed by atoms with Gasteiger partial charge in [0, 0.05) is 51.3 Å². The van der Waals surface area contributed by atoms with Crippen molar-refractivity contribution in [2.24, 2.45) is 7.05 Å². The highest BCUT2D eigenvalue weighted by Gasteiger charge is 2.38. The summed E-state index contributed by atoms with van der Waals surface area (Å²) in [4.78, 5) is 20.7. The molecule has 7 nitrogen and oxygen atoms in total. The van der Waals surface area contributed by atoms with Crippen LogP contribution in [0.15, 0.2) is 30.6 Å². The lowest BCUT2D eigenvalue weighted by Gasteiger charge is -2.26. The largest absolute Gasteiger partial charge is 0.378 e. The van der Waals surface area contributed by atoms with E-state index in [1.807, 2.05) is 23.9 Å². The number of aromatic nitrogens is 3. The van der Waals surface area contributed by atoms with Crippen molar-refractivity contribution in [2.75, 3.05) is 25.6 Å². The van der Waals surface area contributed by atoms with Crippen LogP contribution in [0.5, 0.6) is 0 Å². The maximum Gasteiger partial charge on any atom is 0.222 e. The zero-order chi connectivity index (χ0) is 19.9. The number of nitrogens with zero attached hydrogens (tertiary/aromatic N) is 3. The molecule has 3 aromatic heterocycles. The van der Waals surface area contributed by atoms with Crippen LogP contribution in [0.4, 0.5) is 5.82 Å². The molecule has 0 bridgehead atoms. The summed E-state index contributed by atoms with van der Waals surface area (Å²) in [6.07, 6.45) is 4.59. The fourth-order valence-electron chi connectivity index (χ4n) is 3.78. The van der Waals surface area contributed by atoms with Gasteiger partial charge in [-0.15, -0.1) is 0 Å². The fraction of sp³-hybridized carbons (Fsp3) is 0.381. The van der Waals surface area contributed by atoms with Gasteiger partial charge in [-0.2, -0.15) is 0 Å². The molecule has 0 radical (unpaired) electrons. The Kier molecular flexibility index (Phi) is 4.64. The summed E-state index contributed by atoms with van der Waals surface area (Å²) in [6, 6.07) is 6.02. The number of hydrogen-bond donors (Lipinski definition) is 1. The first-order valence-corrected chi connectivity index (χ1v) is 9.27. The Morgan fingerprint density at radius 3 is 2.86 bits per heavy atom. The van der Waals surface area contributed by atoms with E-state index in [9.17, 15) is 4.79 Å². The summed E-state index contributed by atoms with van der Waals surface area (Å²) in [5.41, 5.74) is 4.31. The molecule has 3 aromatic rings. The van der Waals surface area contributed by atoms with Crippen LogP contribution < -0.4 is 5.32 Å². The Bertz CT molecular complexity index is 1050. The minimum absolute atomic E-state index is 0.149.